The Morgan fingerprint density at radius 1 is 1.15 bits per heavy atom. The molecule has 7 heteroatoms. The maximum absolute atomic E-state index is 6.25. The molecule has 0 unspecified atom stereocenters. The molecule has 3 aromatic rings. The van der Waals surface area contributed by atoms with E-state index in [2.05, 4.69) is 25.4 Å². The van der Waals surface area contributed by atoms with Gasteiger partial charge in [-0.25, -0.2) is 19.6 Å². The lowest BCUT2D eigenvalue weighted by molar-refractivity contribution is 0.876. The second-order valence-electron chi connectivity index (χ2n) is 4.03. The van der Waals surface area contributed by atoms with Crippen molar-refractivity contribution >= 4 is 17.3 Å². The molecule has 100 valence electrons. The number of rotatable bonds is 4. The normalized spacial score (nSPS) is 10.4. The highest BCUT2D eigenvalue weighted by Crippen LogP contribution is 2.27. The zero-order chi connectivity index (χ0) is 13.8. The number of hydrogen-bond donors (Lipinski definition) is 1. The Morgan fingerprint density at radius 2 is 2.10 bits per heavy atom. The summed E-state index contributed by atoms with van der Waals surface area (Å²) in [6, 6.07) is 7.48. The first-order valence-corrected chi connectivity index (χ1v) is 6.34. The zero-order valence-electron chi connectivity index (χ0n) is 10.4. The van der Waals surface area contributed by atoms with Gasteiger partial charge >= 0.3 is 0 Å². The summed E-state index contributed by atoms with van der Waals surface area (Å²) in [4.78, 5) is 12.0. The third-order valence-electron chi connectivity index (χ3n) is 2.74. The molecule has 0 saturated carbocycles. The van der Waals surface area contributed by atoms with Gasteiger partial charge in [0.15, 0.2) is 0 Å². The monoisotopic (exact) mass is 286 g/mol. The summed E-state index contributed by atoms with van der Waals surface area (Å²) >= 11 is 6.25. The van der Waals surface area contributed by atoms with Crippen LogP contribution in [0.3, 0.4) is 0 Å². The summed E-state index contributed by atoms with van der Waals surface area (Å²) in [6.07, 6.45) is 6.31. The molecule has 0 aliphatic rings. The molecule has 0 fully saturated rings. The predicted molar refractivity (Wildman–Crippen MR) is 75.7 cm³/mol. The van der Waals surface area contributed by atoms with Crippen LogP contribution in [0.15, 0.2) is 49.4 Å². The van der Waals surface area contributed by atoms with Crippen molar-refractivity contribution in [3.05, 3.63) is 60.2 Å². The van der Waals surface area contributed by atoms with E-state index in [1.807, 2.05) is 24.3 Å². The van der Waals surface area contributed by atoms with Crippen molar-refractivity contribution in [2.75, 3.05) is 5.32 Å². The molecule has 3 rings (SSSR count). The van der Waals surface area contributed by atoms with Crippen molar-refractivity contribution in [2.24, 2.45) is 0 Å². The minimum absolute atomic E-state index is 0.574. The van der Waals surface area contributed by atoms with Gasteiger partial charge < -0.3 is 5.32 Å². The molecule has 1 N–H and O–H groups in total. The molecule has 0 bridgehead atoms. The lowest BCUT2D eigenvalue weighted by Crippen LogP contribution is -2.06. The summed E-state index contributed by atoms with van der Waals surface area (Å²) in [6.45, 7) is 0.574. The molecule has 2 heterocycles. The Hall–Kier alpha value is -2.47. The van der Waals surface area contributed by atoms with E-state index < -0.39 is 0 Å². The van der Waals surface area contributed by atoms with Crippen molar-refractivity contribution in [3.63, 3.8) is 0 Å². The number of aromatic nitrogens is 5. The van der Waals surface area contributed by atoms with Gasteiger partial charge in [-0.05, 0) is 18.2 Å². The van der Waals surface area contributed by atoms with Crippen LogP contribution < -0.4 is 5.32 Å². The van der Waals surface area contributed by atoms with E-state index >= 15 is 0 Å². The van der Waals surface area contributed by atoms with Gasteiger partial charge in [-0.3, -0.25) is 0 Å². The Labute approximate surface area is 120 Å². The summed E-state index contributed by atoms with van der Waals surface area (Å²) in [7, 11) is 0. The molecular weight excluding hydrogens is 276 g/mol. The number of anilines is 1. The summed E-state index contributed by atoms with van der Waals surface area (Å²) in [5.74, 6) is 0. The molecule has 0 aliphatic carbocycles. The first kappa shape index (κ1) is 12.6. The highest BCUT2D eigenvalue weighted by Gasteiger charge is 2.09. The van der Waals surface area contributed by atoms with Crippen LogP contribution in [0.5, 0.6) is 0 Å². The van der Waals surface area contributed by atoms with Crippen LogP contribution in [0.4, 0.5) is 5.69 Å². The number of halogens is 1. The van der Waals surface area contributed by atoms with Crippen LogP contribution in [-0.4, -0.2) is 24.7 Å². The van der Waals surface area contributed by atoms with Crippen LogP contribution in [0, 0.1) is 0 Å². The Bertz CT molecular complexity index is 683. The number of benzene rings is 1. The Balaban J connectivity index is 1.88. The summed E-state index contributed by atoms with van der Waals surface area (Å²) < 4.78 is 1.63. The molecule has 0 spiro atoms. The highest BCUT2D eigenvalue weighted by atomic mass is 35.5. The molecular formula is C13H11ClN6. The minimum Gasteiger partial charge on any atom is -0.378 e. The van der Waals surface area contributed by atoms with E-state index in [1.165, 1.54) is 12.7 Å². The lowest BCUT2D eigenvalue weighted by atomic mass is 10.2. The van der Waals surface area contributed by atoms with Crippen LogP contribution >= 0.6 is 11.6 Å². The average molecular weight is 287 g/mol. The summed E-state index contributed by atoms with van der Waals surface area (Å²) in [5.41, 5.74) is 2.52. The van der Waals surface area contributed by atoms with E-state index in [0.717, 1.165) is 17.1 Å². The van der Waals surface area contributed by atoms with E-state index in [4.69, 9.17) is 11.6 Å². The molecule has 0 radical (unpaired) electrons. The van der Waals surface area contributed by atoms with Crippen molar-refractivity contribution in [1.82, 2.24) is 24.7 Å². The second kappa shape index (κ2) is 5.66. The van der Waals surface area contributed by atoms with Crippen LogP contribution in [0.2, 0.25) is 5.02 Å². The molecule has 0 aliphatic heterocycles. The second-order valence-corrected chi connectivity index (χ2v) is 4.44. The Morgan fingerprint density at radius 3 is 2.85 bits per heavy atom. The quantitative estimate of drug-likeness (QED) is 0.797. The van der Waals surface area contributed by atoms with Gasteiger partial charge in [0.05, 0.1) is 22.9 Å². The third kappa shape index (κ3) is 2.60. The molecule has 0 atom stereocenters. The largest absolute Gasteiger partial charge is 0.378 e. The predicted octanol–water partition coefficient (Wildman–Crippen LogP) is 2.32. The van der Waals surface area contributed by atoms with E-state index in [0.29, 0.717) is 11.6 Å². The van der Waals surface area contributed by atoms with Crippen molar-refractivity contribution in [3.8, 4) is 5.69 Å². The highest BCUT2D eigenvalue weighted by molar-refractivity contribution is 6.33. The topological polar surface area (TPSA) is 68.5 Å². The maximum atomic E-state index is 6.25. The van der Waals surface area contributed by atoms with Crippen LogP contribution in [0.1, 0.15) is 5.69 Å². The van der Waals surface area contributed by atoms with E-state index in [1.54, 1.807) is 17.2 Å². The van der Waals surface area contributed by atoms with E-state index in [-0.39, 0.29) is 0 Å². The summed E-state index contributed by atoms with van der Waals surface area (Å²) in [5, 5.41) is 8.01. The van der Waals surface area contributed by atoms with Gasteiger partial charge in [-0.2, -0.15) is 5.10 Å². The fourth-order valence-corrected chi connectivity index (χ4v) is 2.08. The number of para-hydroxylation sites is 1. The molecule has 1 aromatic carbocycles. The van der Waals surface area contributed by atoms with Crippen molar-refractivity contribution < 1.29 is 0 Å². The van der Waals surface area contributed by atoms with Gasteiger partial charge in [0.1, 0.15) is 24.7 Å². The van der Waals surface area contributed by atoms with E-state index in [9.17, 15) is 0 Å². The molecule has 20 heavy (non-hydrogen) atoms. The van der Waals surface area contributed by atoms with Crippen LogP contribution in [-0.2, 0) is 6.54 Å². The number of nitrogens with zero attached hydrogens (tertiary/aromatic N) is 5. The first-order valence-electron chi connectivity index (χ1n) is 5.97. The molecule has 0 amide bonds. The Kier molecular flexibility index (Phi) is 3.56. The molecule has 2 aromatic heterocycles. The zero-order valence-corrected chi connectivity index (χ0v) is 11.2. The van der Waals surface area contributed by atoms with Gasteiger partial charge in [0.2, 0.25) is 0 Å². The molecule has 0 saturated heterocycles. The maximum Gasteiger partial charge on any atom is 0.138 e. The average Bonchev–Trinajstić information content (AvgIpc) is 3.00. The van der Waals surface area contributed by atoms with Crippen LogP contribution in [0.25, 0.3) is 5.69 Å². The molecule has 6 nitrogen and oxygen atoms in total. The third-order valence-corrected chi connectivity index (χ3v) is 3.04. The first-order chi connectivity index (χ1) is 9.84. The van der Waals surface area contributed by atoms with Crippen molar-refractivity contribution in [1.29, 1.82) is 0 Å². The van der Waals surface area contributed by atoms with Gasteiger partial charge in [-0.15, -0.1) is 0 Å². The van der Waals surface area contributed by atoms with Gasteiger partial charge in [0.25, 0.3) is 0 Å². The standard InChI is InChI=1S/C13H11ClN6/c14-11-2-1-3-12(13(11)20-9-16-8-19-20)17-6-10-4-5-15-7-18-10/h1-5,7-9,17H,6H2. The van der Waals surface area contributed by atoms with Gasteiger partial charge in [-0.1, -0.05) is 17.7 Å². The fourth-order valence-electron chi connectivity index (χ4n) is 1.82. The fraction of sp³-hybridized carbons (Fsp3) is 0.0769. The SMILES string of the molecule is Clc1cccc(NCc2ccncn2)c1-n1cncn1. The van der Waals surface area contributed by atoms with Crippen molar-refractivity contribution in [2.45, 2.75) is 6.54 Å². The number of nitrogens with one attached hydrogen (secondary N) is 1. The van der Waals surface area contributed by atoms with Gasteiger partial charge in [0, 0.05) is 6.20 Å². The lowest BCUT2D eigenvalue weighted by Gasteiger charge is -2.12. The number of hydrogen-bond acceptors (Lipinski definition) is 5. The smallest absolute Gasteiger partial charge is 0.138 e. The minimum atomic E-state index is 0.574.